The van der Waals surface area contributed by atoms with Crippen LogP contribution in [0, 0.1) is 11.3 Å². The maximum absolute atomic E-state index is 13.4. The molecule has 1 aromatic heterocycles. The number of ether oxygens (including phenoxy) is 1. The van der Waals surface area contributed by atoms with Gasteiger partial charge in [-0.15, -0.1) is 0 Å². The first-order chi connectivity index (χ1) is 12.4. The molecule has 1 heterocycles. The first-order valence-electron chi connectivity index (χ1n) is 8.68. The largest absolute Gasteiger partial charge is 0.496 e. The average molecular weight is 344 g/mol. The zero-order valence-corrected chi connectivity index (χ0v) is 15.2. The number of methoxy groups -OCH3 is 1. The van der Waals surface area contributed by atoms with Crippen molar-refractivity contribution in [3.05, 3.63) is 63.5 Å². The zero-order valence-electron chi connectivity index (χ0n) is 15.2. The summed E-state index contributed by atoms with van der Waals surface area (Å²) in [6.07, 6.45) is 4.97. The highest BCUT2D eigenvalue weighted by atomic mass is 16.5. The summed E-state index contributed by atoms with van der Waals surface area (Å²) >= 11 is 0. The number of allylic oxidation sites excluding steroid dienone is 1. The maximum Gasteiger partial charge on any atom is 0.195 e. The van der Waals surface area contributed by atoms with Crippen LogP contribution in [0.3, 0.4) is 0 Å². The van der Waals surface area contributed by atoms with Gasteiger partial charge in [0.1, 0.15) is 5.75 Å². The second kappa shape index (κ2) is 5.47. The smallest absolute Gasteiger partial charge is 0.195 e. The number of rotatable bonds is 2. The average Bonchev–Trinajstić information content (AvgIpc) is 3.05. The lowest BCUT2D eigenvalue weighted by atomic mass is 9.70. The third-order valence-electron chi connectivity index (χ3n) is 5.60. The van der Waals surface area contributed by atoms with Gasteiger partial charge in [-0.05, 0) is 42.2 Å². The van der Waals surface area contributed by atoms with Crippen LogP contribution in [0.15, 0.2) is 24.3 Å². The van der Waals surface area contributed by atoms with E-state index in [1.807, 2.05) is 18.2 Å². The molecule has 1 N–H and O–H groups in total. The van der Waals surface area contributed by atoms with E-state index in [4.69, 9.17) is 4.74 Å². The van der Waals surface area contributed by atoms with Crippen molar-refractivity contribution in [3.8, 4) is 11.8 Å². The van der Waals surface area contributed by atoms with Gasteiger partial charge in [0.2, 0.25) is 0 Å². The Balaban J connectivity index is 2.00. The number of aromatic nitrogens is 1. The number of hydrogen-bond donors (Lipinski definition) is 1. The Hall–Kier alpha value is -3.06. The molecule has 4 nitrogen and oxygen atoms in total. The highest BCUT2D eigenvalue weighted by Crippen LogP contribution is 2.46. The third-order valence-corrected chi connectivity index (χ3v) is 5.60. The van der Waals surface area contributed by atoms with Crippen LogP contribution < -0.4 is 4.74 Å². The molecular weight excluding hydrogens is 324 g/mol. The summed E-state index contributed by atoms with van der Waals surface area (Å²) < 4.78 is 5.49. The highest BCUT2D eigenvalue weighted by Gasteiger charge is 2.41. The molecular formula is C22H20N2O2. The first-order valence-corrected chi connectivity index (χ1v) is 8.68. The number of H-pyrrole nitrogens is 1. The number of aromatic amines is 1. The number of benzene rings is 1. The Bertz CT molecular complexity index is 1050. The van der Waals surface area contributed by atoms with E-state index in [1.54, 1.807) is 13.2 Å². The fourth-order valence-electron chi connectivity index (χ4n) is 4.16. The minimum absolute atomic E-state index is 0.0337. The second-order valence-corrected chi connectivity index (χ2v) is 7.35. The normalized spacial score (nSPS) is 16.7. The number of carbonyl (C=O) groups is 1. The molecule has 2 aromatic rings. The number of nitrogens with zero attached hydrogens (tertiary/aromatic N) is 1. The molecule has 0 fully saturated rings. The molecule has 0 saturated heterocycles. The highest BCUT2D eigenvalue weighted by molar-refractivity contribution is 6.15. The van der Waals surface area contributed by atoms with Crippen LogP contribution in [-0.4, -0.2) is 17.9 Å². The van der Waals surface area contributed by atoms with Gasteiger partial charge in [-0.25, -0.2) is 0 Å². The number of carbonyl (C=O) groups excluding carboxylic acids is 1. The molecule has 0 saturated carbocycles. The Morgan fingerprint density at radius 3 is 2.77 bits per heavy atom. The van der Waals surface area contributed by atoms with Gasteiger partial charge >= 0.3 is 0 Å². The van der Waals surface area contributed by atoms with Crippen molar-refractivity contribution < 1.29 is 9.53 Å². The van der Waals surface area contributed by atoms with Gasteiger partial charge in [0.25, 0.3) is 0 Å². The molecule has 4 heteroatoms. The summed E-state index contributed by atoms with van der Waals surface area (Å²) in [6.45, 7) is 8.06. The van der Waals surface area contributed by atoms with E-state index in [1.165, 1.54) is 0 Å². The molecule has 4 rings (SSSR count). The summed E-state index contributed by atoms with van der Waals surface area (Å²) in [5.74, 6) is 0.748. The Labute approximate surface area is 152 Å². The number of nitriles is 1. The Kier molecular flexibility index (Phi) is 3.45. The number of nitrogens with one attached hydrogen (secondary N) is 1. The van der Waals surface area contributed by atoms with Gasteiger partial charge in [-0.1, -0.05) is 26.5 Å². The van der Waals surface area contributed by atoms with Gasteiger partial charge in [-0.2, -0.15) is 5.26 Å². The minimum Gasteiger partial charge on any atom is -0.496 e. The topological polar surface area (TPSA) is 65.9 Å². The second-order valence-electron chi connectivity index (χ2n) is 7.35. The van der Waals surface area contributed by atoms with E-state index in [2.05, 4.69) is 31.5 Å². The number of fused-ring (bicyclic) bond motifs is 4. The lowest BCUT2D eigenvalue weighted by molar-refractivity contribution is 0.103. The molecule has 2 aliphatic carbocycles. The van der Waals surface area contributed by atoms with E-state index < -0.39 is 0 Å². The van der Waals surface area contributed by atoms with Crippen molar-refractivity contribution in [2.75, 3.05) is 7.11 Å². The standard InChI is InChI=1S/C22H20N2O2/c1-5-13-9-15-16(10-18(13)26-4)22(2,3)21-19(20(15)25)14-7-6-12(11-23)8-17(14)24-21/h5,8-10,24H,1,6-7H2,2-4H3. The monoisotopic (exact) mass is 344 g/mol. The van der Waals surface area contributed by atoms with Gasteiger partial charge in [-0.3, -0.25) is 4.79 Å². The summed E-state index contributed by atoms with van der Waals surface area (Å²) in [4.78, 5) is 16.8. The zero-order chi connectivity index (χ0) is 18.6. The Morgan fingerprint density at radius 2 is 2.12 bits per heavy atom. The van der Waals surface area contributed by atoms with Crippen molar-refractivity contribution in [2.24, 2.45) is 0 Å². The van der Waals surface area contributed by atoms with Crippen molar-refractivity contribution in [1.29, 1.82) is 5.26 Å². The predicted octanol–water partition coefficient (Wildman–Crippen LogP) is 4.39. The van der Waals surface area contributed by atoms with Crippen molar-refractivity contribution in [2.45, 2.75) is 32.1 Å². The van der Waals surface area contributed by atoms with Gasteiger partial charge in [0, 0.05) is 39.1 Å². The molecule has 2 aliphatic rings. The van der Waals surface area contributed by atoms with Crippen LogP contribution in [0.1, 0.15) is 64.3 Å². The predicted molar refractivity (Wildman–Crippen MR) is 101 cm³/mol. The fraction of sp³-hybridized carbons (Fsp3) is 0.273. The van der Waals surface area contributed by atoms with Crippen LogP contribution in [-0.2, 0) is 11.8 Å². The van der Waals surface area contributed by atoms with E-state index in [9.17, 15) is 10.1 Å². The van der Waals surface area contributed by atoms with E-state index in [0.29, 0.717) is 24.2 Å². The van der Waals surface area contributed by atoms with E-state index >= 15 is 0 Å². The molecule has 0 spiro atoms. The summed E-state index contributed by atoms with van der Waals surface area (Å²) in [6, 6.07) is 6.06. The van der Waals surface area contributed by atoms with Gasteiger partial charge < -0.3 is 9.72 Å². The van der Waals surface area contributed by atoms with E-state index in [0.717, 1.165) is 39.2 Å². The number of ketones is 1. The Morgan fingerprint density at radius 1 is 1.35 bits per heavy atom. The van der Waals surface area contributed by atoms with Crippen LogP contribution in [0.4, 0.5) is 0 Å². The quantitative estimate of drug-likeness (QED) is 0.878. The molecule has 26 heavy (non-hydrogen) atoms. The fourth-order valence-corrected chi connectivity index (χ4v) is 4.16. The van der Waals surface area contributed by atoms with Crippen LogP contribution in [0.5, 0.6) is 5.75 Å². The lowest BCUT2D eigenvalue weighted by Gasteiger charge is -2.33. The van der Waals surface area contributed by atoms with Crippen LogP contribution in [0.25, 0.3) is 12.2 Å². The molecule has 0 amide bonds. The van der Waals surface area contributed by atoms with Crippen molar-refractivity contribution >= 4 is 17.9 Å². The molecule has 0 bridgehead atoms. The summed E-state index contributed by atoms with van der Waals surface area (Å²) in [5.41, 5.74) is 6.44. The van der Waals surface area contributed by atoms with Crippen LogP contribution >= 0.6 is 0 Å². The minimum atomic E-state index is -0.371. The molecule has 0 radical (unpaired) electrons. The number of hydrogen-bond acceptors (Lipinski definition) is 3. The van der Waals surface area contributed by atoms with E-state index in [-0.39, 0.29) is 11.2 Å². The first kappa shape index (κ1) is 16.4. The summed E-state index contributed by atoms with van der Waals surface area (Å²) in [5, 5.41) is 9.21. The molecule has 1 aromatic carbocycles. The third kappa shape index (κ3) is 2.04. The summed E-state index contributed by atoms with van der Waals surface area (Å²) in [7, 11) is 1.62. The van der Waals surface area contributed by atoms with Crippen molar-refractivity contribution in [1.82, 2.24) is 4.98 Å². The molecule has 130 valence electrons. The van der Waals surface area contributed by atoms with Gasteiger partial charge in [0.05, 0.1) is 13.2 Å². The van der Waals surface area contributed by atoms with Crippen molar-refractivity contribution in [3.63, 3.8) is 0 Å². The van der Waals surface area contributed by atoms with Gasteiger partial charge in [0.15, 0.2) is 5.78 Å². The SMILES string of the molecule is C=Cc1cc2c(cc1OC)C(C)(C)c1[nH]c3c(c1C2=O)CCC(C#N)=C3. The maximum atomic E-state index is 13.4. The molecule has 0 unspecified atom stereocenters. The molecule has 0 aliphatic heterocycles. The molecule has 0 atom stereocenters. The van der Waals surface area contributed by atoms with Crippen LogP contribution in [0.2, 0.25) is 0 Å². The lowest BCUT2D eigenvalue weighted by Crippen LogP contribution is -2.31.